The highest BCUT2D eigenvalue weighted by molar-refractivity contribution is 7.22. The summed E-state index contributed by atoms with van der Waals surface area (Å²) in [5.41, 5.74) is 4.40. The molecule has 27 heavy (non-hydrogen) atoms. The van der Waals surface area contributed by atoms with E-state index in [9.17, 15) is 9.59 Å². The van der Waals surface area contributed by atoms with Crippen LogP contribution in [0.25, 0.3) is 10.2 Å². The molecule has 132 valence electrons. The van der Waals surface area contributed by atoms with Gasteiger partial charge in [0, 0.05) is 11.1 Å². The fraction of sp³-hybridized carbons (Fsp3) is 0. The van der Waals surface area contributed by atoms with E-state index in [2.05, 4.69) is 10.4 Å². The van der Waals surface area contributed by atoms with Gasteiger partial charge in [0.2, 0.25) is 5.13 Å². The summed E-state index contributed by atoms with van der Waals surface area (Å²) in [6.07, 6.45) is 0. The van der Waals surface area contributed by atoms with Crippen LogP contribution in [0.3, 0.4) is 0 Å². The molecule has 4 aromatic rings. The van der Waals surface area contributed by atoms with Crippen LogP contribution < -0.4 is 10.4 Å². The van der Waals surface area contributed by atoms with Crippen LogP contribution in [0.1, 0.15) is 20.7 Å². The van der Waals surface area contributed by atoms with Crippen molar-refractivity contribution in [1.82, 2.24) is 10.4 Å². The molecule has 0 radical (unpaired) electrons. The minimum atomic E-state index is -0.376. The van der Waals surface area contributed by atoms with Crippen LogP contribution >= 0.6 is 11.3 Å². The van der Waals surface area contributed by atoms with Gasteiger partial charge in [-0.2, -0.15) is 5.01 Å². The van der Waals surface area contributed by atoms with E-state index in [0.717, 1.165) is 10.2 Å². The molecule has 3 aromatic carbocycles. The zero-order valence-corrected chi connectivity index (χ0v) is 15.0. The van der Waals surface area contributed by atoms with E-state index in [0.29, 0.717) is 16.3 Å². The summed E-state index contributed by atoms with van der Waals surface area (Å²) in [5.74, 6) is -0.724. The predicted octanol–water partition coefficient (Wildman–Crippen LogP) is 4.29. The molecule has 1 aromatic heterocycles. The largest absolute Gasteiger partial charge is 0.279 e. The standard InChI is InChI=1S/C21H15N3O2S/c25-19(15-9-3-1-4-10-15)23-24(20(26)16-11-5-2-6-12-16)21-22-17-13-7-8-14-18(17)27-21/h1-14H,(H,23,25). The molecular formula is C21H15N3O2S. The molecule has 2 amide bonds. The molecule has 0 aliphatic rings. The molecule has 0 bridgehead atoms. The normalized spacial score (nSPS) is 10.5. The van der Waals surface area contributed by atoms with Crippen molar-refractivity contribution in [2.75, 3.05) is 5.01 Å². The first-order chi connectivity index (χ1) is 13.2. The quantitative estimate of drug-likeness (QED) is 0.545. The fourth-order valence-electron chi connectivity index (χ4n) is 2.61. The molecule has 1 N–H and O–H groups in total. The summed E-state index contributed by atoms with van der Waals surface area (Å²) in [6, 6.07) is 25.2. The number of nitrogens with one attached hydrogen (secondary N) is 1. The van der Waals surface area contributed by atoms with Gasteiger partial charge in [-0.05, 0) is 36.4 Å². The Morgan fingerprint density at radius 1 is 0.778 bits per heavy atom. The van der Waals surface area contributed by atoms with Gasteiger partial charge in [0.25, 0.3) is 11.8 Å². The first-order valence-corrected chi connectivity index (χ1v) is 9.15. The Morgan fingerprint density at radius 2 is 1.37 bits per heavy atom. The number of carbonyl (C=O) groups excluding carboxylic acids is 2. The van der Waals surface area contributed by atoms with E-state index in [1.165, 1.54) is 16.3 Å². The van der Waals surface area contributed by atoms with Crippen molar-refractivity contribution in [2.45, 2.75) is 0 Å². The second-order valence-electron chi connectivity index (χ2n) is 5.78. The lowest BCUT2D eigenvalue weighted by atomic mass is 10.2. The molecule has 0 aliphatic carbocycles. The van der Waals surface area contributed by atoms with Gasteiger partial charge >= 0.3 is 0 Å². The first-order valence-electron chi connectivity index (χ1n) is 8.33. The van der Waals surface area contributed by atoms with Gasteiger partial charge in [0.15, 0.2) is 0 Å². The maximum atomic E-state index is 13.1. The van der Waals surface area contributed by atoms with Gasteiger partial charge in [0.1, 0.15) is 0 Å². The summed E-state index contributed by atoms with van der Waals surface area (Å²) in [6.45, 7) is 0. The van der Waals surface area contributed by atoms with Gasteiger partial charge in [-0.1, -0.05) is 59.9 Å². The van der Waals surface area contributed by atoms with Gasteiger partial charge in [-0.3, -0.25) is 15.0 Å². The molecule has 5 nitrogen and oxygen atoms in total. The number of hydrazine groups is 1. The van der Waals surface area contributed by atoms with Gasteiger partial charge in [-0.15, -0.1) is 0 Å². The van der Waals surface area contributed by atoms with Gasteiger partial charge in [0.05, 0.1) is 10.2 Å². The number of carbonyl (C=O) groups is 2. The van der Waals surface area contributed by atoms with Crippen molar-refractivity contribution >= 4 is 38.5 Å². The number of amides is 2. The zero-order valence-electron chi connectivity index (χ0n) is 14.2. The number of rotatable bonds is 3. The van der Waals surface area contributed by atoms with Crippen LogP contribution in [0, 0.1) is 0 Å². The number of hydrogen-bond acceptors (Lipinski definition) is 4. The Balaban J connectivity index is 1.72. The molecule has 0 fully saturated rings. The second kappa shape index (κ2) is 7.39. The smallest absolute Gasteiger partial charge is 0.267 e. The number of aromatic nitrogens is 1. The number of benzene rings is 3. The van der Waals surface area contributed by atoms with Crippen molar-refractivity contribution < 1.29 is 9.59 Å². The third kappa shape index (κ3) is 3.56. The van der Waals surface area contributed by atoms with E-state index >= 15 is 0 Å². The van der Waals surface area contributed by atoms with E-state index < -0.39 is 0 Å². The van der Waals surface area contributed by atoms with Crippen LogP contribution in [-0.2, 0) is 0 Å². The highest BCUT2D eigenvalue weighted by atomic mass is 32.1. The number of nitrogens with zero attached hydrogens (tertiary/aromatic N) is 2. The average Bonchev–Trinajstić information content (AvgIpc) is 3.16. The maximum Gasteiger partial charge on any atom is 0.279 e. The van der Waals surface area contributed by atoms with Gasteiger partial charge in [-0.25, -0.2) is 4.98 Å². The molecule has 0 spiro atoms. The van der Waals surface area contributed by atoms with Crippen LogP contribution in [0.15, 0.2) is 84.9 Å². The van der Waals surface area contributed by atoms with E-state index in [1.54, 1.807) is 48.5 Å². The van der Waals surface area contributed by atoms with Crippen LogP contribution in [0.4, 0.5) is 5.13 Å². The molecule has 0 saturated carbocycles. The van der Waals surface area contributed by atoms with Crippen molar-refractivity contribution in [3.8, 4) is 0 Å². The third-order valence-electron chi connectivity index (χ3n) is 3.95. The lowest BCUT2D eigenvalue weighted by molar-refractivity contribution is 0.0887. The Morgan fingerprint density at radius 3 is 2.04 bits per heavy atom. The van der Waals surface area contributed by atoms with Crippen molar-refractivity contribution in [2.24, 2.45) is 0 Å². The lowest BCUT2D eigenvalue weighted by Gasteiger charge is -2.20. The predicted molar refractivity (Wildman–Crippen MR) is 107 cm³/mol. The summed E-state index contributed by atoms with van der Waals surface area (Å²) in [4.78, 5) is 30.2. The minimum absolute atomic E-state index is 0.348. The number of thiazole rings is 1. The van der Waals surface area contributed by atoms with Crippen LogP contribution in [0.2, 0.25) is 0 Å². The van der Waals surface area contributed by atoms with E-state index in [1.807, 2.05) is 36.4 Å². The molecule has 4 rings (SSSR count). The highest BCUT2D eigenvalue weighted by Crippen LogP contribution is 2.28. The molecule has 6 heteroatoms. The van der Waals surface area contributed by atoms with Crippen LogP contribution in [-0.4, -0.2) is 16.8 Å². The first kappa shape index (κ1) is 16.9. The molecule has 0 saturated heterocycles. The minimum Gasteiger partial charge on any atom is -0.267 e. The summed E-state index contributed by atoms with van der Waals surface area (Å²) < 4.78 is 0.937. The molecular weight excluding hydrogens is 358 g/mol. The van der Waals surface area contributed by atoms with Crippen molar-refractivity contribution in [3.63, 3.8) is 0 Å². The Kier molecular flexibility index (Phi) is 4.63. The number of para-hydroxylation sites is 1. The third-order valence-corrected chi connectivity index (χ3v) is 4.97. The lowest BCUT2D eigenvalue weighted by Crippen LogP contribution is -2.46. The zero-order chi connectivity index (χ0) is 18.6. The van der Waals surface area contributed by atoms with Crippen molar-refractivity contribution in [3.05, 3.63) is 96.1 Å². The molecule has 0 atom stereocenters. The SMILES string of the molecule is O=C(NN(C(=O)c1ccccc1)c1nc2ccccc2s1)c1ccccc1. The van der Waals surface area contributed by atoms with Gasteiger partial charge < -0.3 is 0 Å². The second-order valence-corrected chi connectivity index (χ2v) is 6.79. The summed E-state index contributed by atoms with van der Waals surface area (Å²) in [7, 11) is 0. The summed E-state index contributed by atoms with van der Waals surface area (Å²) >= 11 is 1.34. The Labute approximate surface area is 159 Å². The average molecular weight is 373 g/mol. The summed E-state index contributed by atoms with van der Waals surface area (Å²) in [5, 5.41) is 1.63. The number of fused-ring (bicyclic) bond motifs is 1. The van der Waals surface area contributed by atoms with E-state index in [-0.39, 0.29) is 11.8 Å². The number of anilines is 1. The number of hydrogen-bond donors (Lipinski definition) is 1. The van der Waals surface area contributed by atoms with E-state index in [4.69, 9.17) is 0 Å². The Hall–Kier alpha value is -3.51. The monoisotopic (exact) mass is 373 g/mol. The molecule has 0 aliphatic heterocycles. The van der Waals surface area contributed by atoms with Crippen molar-refractivity contribution in [1.29, 1.82) is 0 Å². The van der Waals surface area contributed by atoms with Crippen LogP contribution in [0.5, 0.6) is 0 Å². The maximum absolute atomic E-state index is 13.1. The topological polar surface area (TPSA) is 62.3 Å². The Bertz CT molecular complexity index is 1060. The fourth-order valence-corrected chi connectivity index (χ4v) is 3.53. The molecule has 1 heterocycles. The molecule has 0 unspecified atom stereocenters. The highest BCUT2D eigenvalue weighted by Gasteiger charge is 2.24.